The highest BCUT2D eigenvalue weighted by atomic mass is 79.9. The number of hydrogen-bond donors (Lipinski definition) is 2. The molecule has 0 saturated heterocycles. The van der Waals surface area contributed by atoms with Crippen molar-refractivity contribution in [3.8, 4) is 0 Å². The molecule has 1 aromatic carbocycles. The van der Waals surface area contributed by atoms with Gasteiger partial charge in [-0.1, -0.05) is 15.9 Å². The molecule has 2 rings (SSSR count). The monoisotopic (exact) mass is 285 g/mol. The van der Waals surface area contributed by atoms with Crippen LogP contribution in [0.5, 0.6) is 0 Å². The van der Waals surface area contributed by atoms with Crippen molar-refractivity contribution in [3.63, 3.8) is 0 Å². The number of hydrogen-bond acceptors (Lipinski definition) is 4. The van der Waals surface area contributed by atoms with Crippen molar-refractivity contribution < 1.29 is 5.11 Å². The smallest absolute Gasteiger partial charge is 0.188 e. The van der Waals surface area contributed by atoms with Gasteiger partial charge in [0.25, 0.3) is 0 Å². The van der Waals surface area contributed by atoms with Gasteiger partial charge in [-0.3, -0.25) is 5.10 Å². The second kappa shape index (κ2) is 4.78. The Bertz CT molecular complexity index is 447. The Morgan fingerprint density at radius 2 is 2.33 bits per heavy atom. The van der Waals surface area contributed by atoms with Crippen LogP contribution in [0, 0.1) is 0 Å². The number of H-pyrrole nitrogens is 1. The topological polar surface area (TPSA) is 61.8 Å². The average molecular weight is 286 g/mol. The molecule has 0 aliphatic carbocycles. The highest BCUT2D eigenvalue weighted by Crippen LogP contribution is 2.29. The number of aliphatic hydroxyl groups excluding tert-OH is 1. The molecule has 0 bridgehead atoms. The van der Waals surface area contributed by atoms with Gasteiger partial charge in [0.15, 0.2) is 5.16 Å². The van der Waals surface area contributed by atoms with E-state index in [4.69, 9.17) is 0 Å². The first-order chi connectivity index (χ1) is 7.29. The molecule has 0 unspecified atom stereocenters. The summed E-state index contributed by atoms with van der Waals surface area (Å²) in [5.74, 6) is 0. The normalized spacial score (nSPS) is 10.5. The number of aliphatic hydroxyl groups is 1. The molecule has 0 radical (unpaired) electrons. The molecule has 6 heteroatoms. The van der Waals surface area contributed by atoms with E-state index < -0.39 is 0 Å². The summed E-state index contributed by atoms with van der Waals surface area (Å²) < 4.78 is 0.952. The van der Waals surface area contributed by atoms with E-state index >= 15 is 0 Å². The van der Waals surface area contributed by atoms with E-state index in [1.807, 2.05) is 18.2 Å². The fourth-order valence-electron chi connectivity index (χ4n) is 1.12. The highest BCUT2D eigenvalue weighted by molar-refractivity contribution is 9.10. The molecule has 1 aromatic heterocycles. The van der Waals surface area contributed by atoms with Crippen molar-refractivity contribution >= 4 is 27.7 Å². The maximum absolute atomic E-state index is 9.19. The Kier molecular flexibility index (Phi) is 3.40. The molecule has 78 valence electrons. The first kappa shape index (κ1) is 10.7. The fraction of sp³-hybridized carbons (Fsp3) is 0.111. The lowest BCUT2D eigenvalue weighted by Crippen LogP contribution is -1.88. The summed E-state index contributed by atoms with van der Waals surface area (Å²) in [6.07, 6.45) is 1.46. The van der Waals surface area contributed by atoms with Crippen LogP contribution in [0.15, 0.2) is 39.1 Å². The van der Waals surface area contributed by atoms with E-state index in [2.05, 4.69) is 31.1 Å². The molecular formula is C9H8BrN3OS. The zero-order chi connectivity index (χ0) is 10.7. The van der Waals surface area contributed by atoms with Gasteiger partial charge in [0.1, 0.15) is 6.33 Å². The largest absolute Gasteiger partial charge is 0.392 e. The quantitative estimate of drug-likeness (QED) is 0.908. The van der Waals surface area contributed by atoms with Crippen molar-refractivity contribution in [1.29, 1.82) is 0 Å². The molecule has 0 atom stereocenters. The molecule has 4 nitrogen and oxygen atoms in total. The molecular weight excluding hydrogens is 278 g/mol. The van der Waals surface area contributed by atoms with Gasteiger partial charge < -0.3 is 5.11 Å². The summed E-state index contributed by atoms with van der Waals surface area (Å²) in [4.78, 5) is 4.98. The molecule has 0 amide bonds. The molecule has 1 heterocycles. The van der Waals surface area contributed by atoms with E-state index in [-0.39, 0.29) is 6.61 Å². The van der Waals surface area contributed by atoms with Crippen molar-refractivity contribution in [1.82, 2.24) is 15.2 Å². The minimum Gasteiger partial charge on any atom is -0.392 e. The first-order valence-corrected chi connectivity index (χ1v) is 5.83. The summed E-state index contributed by atoms with van der Waals surface area (Å²) in [5, 5.41) is 16.4. The predicted molar refractivity (Wildman–Crippen MR) is 60.6 cm³/mol. The van der Waals surface area contributed by atoms with E-state index in [0.29, 0.717) is 5.16 Å². The zero-order valence-electron chi connectivity index (χ0n) is 7.64. The number of nitrogens with one attached hydrogen (secondary N) is 1. The van der Waals surface area contributed by atoms with E-state index in [0.717, 1.165) is 14.9 Å². The molecule has 0 aliphatic rings. The van der Waals surface area contributed by atoms with Crippen molar-refractivity contribution in [2.45, 2.75) is 16.7 Å². The van der Waals surface area contributed by atoms with Crippen LogP contribution in [0.1, 0.15) is 5.56 Å². The third-order valence-electron chi connectivity index (χ3n) is 1.79. The zero-order valence-corrected chi connectivity index (χ0v) is 10.0. The molecule has 2 aromatic rings. The van der Waals surface area contributed by atoms with Gasteiger partial charge in [-0.05, 0) is 35.5 Å². The van der Waals surface area contributed by atoms with Crippen LogP contribution < -0.4 is 0 Å². The number of nitrogens with zero attached hydrogens (tertiary/aromatic N) is 2. The Hall–Kier alpha value is -0.850. The number of aromatic nitrogens is 3. The summed E-state index contributed by atoms with van der Waals surface area (Å²) in [6.45, 7) is 0.00983. The average Bonchev–Trinajstić information content (AvgIpc) is 2.73. The minimum absolute atomic E-state index is 0.00983. The minimum atomic E-state index is 0.00983. The van der Waals surface area contributed by atoms with E-state index in [1.165, 1.54) is 18.1 Å². The lowest BCUT2D eigenvalue weighted by atomic mass is 10.2. The van der Waals surface area contributed by atoms with E-state index in [1.54, 1.807) is 0 Å². The van der Waals surface area contributed by atoms with Gasteiger partial charge in [0.05, 0.1) is 6.61 Å². The van der Waals surface area contributed by atoms with E-state index in [9.17, 15) is 5.11 Å². The standard InChI is InChI=1S/C9H8BrN3OS/c10-7-1-2-8(6(3-7)4-14)15-9-11-5-12-13-9/h1-3,5,14H,4H2,(H,11,12,13). The number of benzene rings is 1. The fourth-order valence-corrected chi connectivity index (χ4v) is 2.32. The van der Waals surface area contributed by atoms with Gasteiger partial charge in [0.2, 0.25) is 0 Å². The lowest BCUT2D eigenvalue weighted by molar-refractivity contribution is 0.279. The first-order valence-electron chi connectivity index (χ1n) is 4.22. The summed E-state index contributed by atoms with van der Waals surface area (Å²) in [6, 6.07) is 5.75. The molecule has 2 N–H and O–H groups in total. The van der Waals surface area contributed by atoms with Crippen LogP contribution in [0.2, 0.25) is 0 Å². The number of aromatic amines is 1. The summed E-state index contributed by atoms with van der Waals surface area (Å²) in [7, 11) is 0. The molecule has 0 aliphatic heterocycles. The third-order valence-corrected chi connectivity index (χ3v) is 3.29. The maximum atomic E-state index is 9.19. The maximum Gasteiger partial charge on any atom is 0.188 e. The predicted octanol–water partition coefficient (Wildman–Crippen LogP) is 2.21. The van der Waals surface area contributed by atoms with Crippen molar-refractivity contribution in [2.75, 3.05) is 0 Å². The van der Waals surface area contributed by atoms with Gasteiger partial charge >= 0.3 is 0 Å². The number of halogens is 1. The highest BCUT2D eigenvalue weighted by Gasteiger charge is 2.06. The second-order valence-electron chi connectivity index (χ2n) is 2.80. The molecule has 0 saturated carbocycles. The van der Waals surface area contributed by atoms with Crippen LogP contribution in [-0.4, -0.2) is 20.3 Å². The van der Waals surface area contributed by atoms with Crippen LogP contribution in [0.3, 0.4) is 0 Å². The Morgan fingerprint density at radius 1 is 1.47 bits per heavy atom. The second-order valence-corrected chi connectivity index (χ2v) is 4.75. The van der Waals surface area contributed by atoms with Gasteiger partial charge in [0, 0.05) is 9.37 Å². The van der Waals surface area contributed by atoms with Crippen molar-refractivity contribution in [3.05, 3.63) is 34.6 Å². The van der Waals surface area contributed by atoms with Gasteiger partial charge in [-0.15, -0.1) is 0 Å². The van der Waals surface area contributed by atoms with Crippen LogP contribution >= 0.6 is 27.7 Å². The lowest BCUT2D eigenvalue weighted by Gasteiger charge is -2.05. The third kappa shape index (κ3) is 2.58. The Labute approximate surface area is 99.3 Å². The van der Waals surface area contributed by atoms with Crippen LogP contribution in [0.25, 0.3) is 0 Å². The summed E-state index contributed by atoms with van der Waals surface area (Å²) in [5.41, 5.74) is 0.866. The van der Waals surface area contributed by atoms with Gasteiger partial charge in [-0.2, -0.15) is 5.10 Å². The molecule has 15 heavy (non-hydrogen) atoms. The molecule has 0 fully saturated rings. The molecule has 0 spiro atoms. The summed E-state index contributed by atoms with van der Waals surface area (Å²) >= 11 is 4.80. The van der Waals surface area contributed by atoms with Gasteiger partial charge in [-0.25, -0.2) is 4.98 Å². The SMILES string of the molecule is OCc1cc(Br)ccc1Sc1ncn[nH]1. The van der Waals surface area contributed by atoms with Crippen LogP contribution in [0.4, 0.5) is 0 Å². The van der Waals surface area contributed by atoms with Crippen LogP contribution in [-0.2, 0) is 6.61 Å². The number of rotatable bonds is 3. The van der Waals surface area contributed by atoms with Crippen molar-refractivity contribution in [2.24, 2.45) is 0 Å². The Balaban J connectivity index is 2.28. The Morgan fingerprint density at radius 3 is 3.00 bits per heavy atom.